The van der Waals surface area contributed by atoms with Gasteiger partial charge in [-0.2, -0.15) is 0 Å². The molecule has 0 saturated heterocycles. The first-order valence-corrected chi connectivity index (χ1v) is 5.37. The molecule has 1 atom stereocenters. The van der Waals surface area contributed by atoms with E-state index in [0.29, 0.717) is 6.04 Å². The third-order valence-electron chi connectivity index (χ3n) is 2.81. The molecular formula is C13H16N2. The summed E-state index contributed by atoms with van der Waals surface area (Å²) in [6.07, 6.45) is 2.93. The zero-order valence-corrected chi connectivity index (χ0v) is 9.20. The normalized spacial score (nSPS) is 12.9. The maximum absolute atomic E-state index is 4.37. The standard InChI is InChI=1S/C13H16N2/c1-3-12(14-2)10-6-4-8-13-11(10)7-5-9-15-13/h4-9,12,14H,3H2,1-2H3. The van der Waals surface area contributed by atoms with E-state index in [4.69, 9.17) is 0 Å². The molecule has 0 fully saturated rings. The van der Waals surface area contributed by atoms with Gasteiger partial charge in [-0.3, -0.25) is 4.98 Å². The lowest BCUT2D eigenvalue weighted by Gasteiger charge is -2.16. The summed E-state index contributed by atoms with van der Waals surface area (Å²) >= 11 is 0. The van der Waals surface area contributed by atoms with Crippen LogP contribution >= 0.6 is 0 Å². The fourth-order valence-corrected chi connectivity index (χ4v) is 2.01. The van der Waals surface area contributed by atoms with Crippen molar-refractivity contribution in [3.05, 3.63) is 42.1 Å². The molecule has 1 aromatic heterocycles. The number of pyridine rings is 1. The van der Waals surface area contributed by atoms with Gasteiger partial charge in [0.2, 0.25) is 0 Å². The fraction of sp³-hybridized carbons (Fsp3) is 0.308. The highest BCUT2D eigenvalue weighted by atomic mass is 14.9. The van der Waals surface area contributed by atoms with Crippen molar-refractivity contribution < 1.29 is 0 Å². The Morgan fingerprint density at radius 2 is 2.13 bits per heavy atom. The van der Waals surface area contributed by atoms with E-state index in [1.165, 1.54) is 10.9 Å². The van der Waals surface area contributed by atoms with Gasteiger partial charge in [-0.25, -0.2) is 0 Å². The van der Waals surface area contributed by atoms with Gasteiger partial charge in [-0.1, -0.05) is 25.1 Å². The van der Waals surface area contributed by atoms with Gasteiger partial charge < -0.3 is 5.32 Å². The number of nitrogens with one attached hydrogen (secondary N) is 1. The molecule has 2 nitrogen and oxygen atoms in total. The highest BCUT2D eigenvalue weighted by Gasteiger charge is 2.09. The monoisotopic (exact) mass is 200 g/mol. The van der Waals surface area contributed by atoms with Crippen LogP contribution < -0.4 is 5.32 Å². The van der Waals surface area contributed by atoms with E-state index in [2.05, 4.69) is 41.5 Å². The van der Waals surface area contributed by atoms with E-state index >= 15 is 0 Å². The highest BCUT2D eigenvalue weighted by Crippen LogP contribution is 2.24. The summed E-state index contributed by atoms with van der Waals surface area (Å²) in [5, 5.41) is 4.58. The summed E-state index contributed by atoms with van der Waals surface area (Å²) in [7, 11) is 2.00. The molecule has 0 aliphatic heterocycles. The third-order valence-corrected chi connectivity index (χ3v) is 2.81. The van der Waals surface area contributed by atoms with Crippen molar-refractivity contribution in [3.8, 4) is 0 Å². The van der Waals surface area contributed by atoms with Gasteiger partial charge in [0, 0.05) is 17.6 Å². The fourth-order valence-electron chi connectivity index (χ4n) is 2.01. The van der Waals surface area contributed by atoms with Crippen LogP contribution in [0.3, 0.4) is 0 Å². The number of rotatable bonds is 3. The number of hydrogen-bond acceptors (Lipinski definition) is 2. The van der Waals surface area contributed by atoms with Crippen LogP contribution in [0.1, 0.15) is 24.9 Å². The lowest BCUT2D eigenvalue weighted by Crippen LogP contribution is -2.15. The molecule has 1 aromatic carbocycles. The second kappa shape index (κ2) is 4.41. The summed E-state index contributed by atoms with van der Waals surface area (Å²) in [4.78, 5) is 4.37. The average molecular weight is 200 g/mol. The first-order valence-electron chi connectivity index (χ1n) is 5.37. The quantitative estimate of drug-likeness (QED) is 0.824. The molecule has 0 bridgehead atoms. The molecule has 2 heteroatoms. The molecule has 1 unspecified atom stereocenters. The van der Waals surface area contributed by atoms with Gasteiger partial charge in [0.05, 0.1) is 5.52 Å². The van der Waals surface area contributed by atoms with E-state index < -0.39 is 0 Å². The van der Waals surface area contributed by atoms with E-state index in [1.807, 2.05) is 19.3 Å². The molecule has 15 heavy (non-hydrogen) atoms. The van der Waals surface area contributed by atoms with E-state index in [9.17, 15) is 0 Å². The van der Waals surface area contributed by atoms with Gasteiger partial charge >= 0.3 is 0 Å². The number of nitrogens with zero attached hydrogens (tertiary/aromatic N) is 1. The van der Waals surface area contributed by atoms with Crippen molar-refractivity contribution in [3.63, 3.8) is 0 Å². The van der Waals surface area contributed by atoms with Gasteiger partial charge in [-0.15, -0.1) is 0 Å². The van der Waals surface area contributed by atoms with Gasteiger partial charge in [0.15, 0.2) is 0 Å². The number of aromatic nitrogens is 1. The van der Waals surface area contributed by atoms with Crippen LogP contribution in [-0.2, 0) is 0 Å². The topological polar surface area (TPSA) is 24.9 Å². The molecule has 0 aliphatic carbocycles. The third kappa shape index (κ3) is 1.85. The SMILES string of the molecule is CCC(NC)c1cccc2ncccc12. The van der Waals surface area contributed by atoms with Crippen molar-refractivity contribution in [1.82, 2.24) is 10.3 Å². The van der Waals surface area contributed by atoms with Crippen LogP contribution in [0.2, 0.25) is 0 Å². The molecular weight excluding hydrogens is 184 g/mol. The number of hydrogen-bond donors (Lipinski definition) is 1. The Labute approximate surface area is 90.3 Å². The van der Waals surface area contributed by atoms with Gasteiger partial charge in [0.1, 0.15) is 0 Å². The van der Waals surface area contributed by atoms with E-state index in [-0.39, 0.29) is 0 Å². The molecule has 78 valence electrons. The van der Waals surface area contributed by atoms with Crippen molar-refractivity contribution >= 4 is 10.9 Å². The molecule has 0 saturated carbocycles. The predicted octanol–water partition coefficient (Wildman–Crippen LogP) is 2.91. The highest BCUT2D eigenvalue weighted by molar-refractivity contribution is 5.82. The minimum absolute atomic E-state index is 0.415. The minimum Gasteiger partial charge on any atom is -0.313 e. The Kier molecular flexibility index (Phi) is 2.97. The minimum atomic E-state index is 0.415. The average Bonchev–Trinajstić information content (AvgIpc) is 2.31. The van der Waals surface area contributed by atoms with Crippen LogP contribution in [0.5, 0.6) is 0 Å². The van der Waals surface area contributed by atoms with Crippen molar-refractivity contribution in [1.29, 1.82) is 0 Å². The molecule has 0 radical (unpaired) electrons. The molecule has 2 rings (SSSR count). The Morgan fingerprint density at radius 1 is 1.27 bits per heavy atom. The Balaban J connectivity index is 2.59. The first kappa shape index (κ1) is 10.1. The van der Waals surface area contributed by atoms with Crippen LogP contribution in [0, 0.1) is 0 Å². The Bertz CT molecular complexity index is 442. The zero-order valence-electron chi connectivity index (χ0n) is 9.20. The smallest absolute Gasteiger partial charge is 0.0705 e. The van der Waals surface area contributed by atoms with Crippen LogP contribution in [0.25, 0.3) is 10.9 Å². The summed E-state index contributed by atoms with van der Waals surface area (Å²) in [6.45, 7) is 2.19. The number of fused-ring (bicyclic) bond motifs is 1. The van der Waals surface area contributed by atoms with Crippen LogP contribution in [0.15, 0.2) is 36.5 Å². The van der Waals surface area contributed by atoms with Gasteiger partial charge in [-0.05, 0) is 31.2 Å². The molecule has 0 aliphatic rings. The maximum atomic E-state index is 4.37. The van der Waals surface area contributed by atoms with Crippen molar-refractivity contribution in [2.45, 2.75) is 19.4 Å². The lowest BCUT2D eigenvalue weighted by molar-refractivity contribution is 0.581. The summed E-state index contributed by atoms with van der Waals surface area (Å²) < 4.78 is 0. The van der Waals surface area contributed by atoms with Crippen molar-refractivity contribution in [2.75, 3.05) is 7.05 Å². The maximum Gasteiger partial charge on any atom is 0.0705 e. The summed E-state index contributed by atoms with van der Waals surface area (Å²) in [5.41, 5.74) is 2.41. The predicted molar refractivity (Wildman–Crippen MR) is 63.8 cm³/mol. The molecule has 0 amide bonds. The lowest BCUT2D eigenvalue weighted by atomic mass is 10.00. The van der Waals surface area contributed by atoms with Crippen LogP contribution in [-0.4, -0.2) is 12.0 Å². The first-order chi connectivity index (χ1) is 7.36. The molecule has 2 aromatic rings. The molecule has 0 spiro atoms. The number of benzene rings is 1. The Morgan fingerprint density at radius 3 is 2.87 bits per heavy atom. The largest absolute Gasteiger partial charge is 0.313 e. The van der Waals surface area contributed by atoms with Gasteiger partial charge in [0.25, 0.3) is 0 Å². The van der Waals surface area contributed by atoms with Crippen LogP contribution in [0.4, 0.5) is 0 Å². The second-order valence-electron chi connectivity index (χ2n) is 3.67. The Hall–Kier alpha value is -1.41. The second-order valence-corrected chi connectivity index (χ2v) is 3.67. The molecule has 1 N–H and O–H groups in total. The zero-order chi connectivity index (χ0) is 10.7. The van der Waals surface area contributed by atoms with E-state index in [1.54, 1.807) is 0 Å². The van der Waals surface area contributed by atoms with E-state index in [0.717, 1.165) is 11.9 Å². The summed E-state index contributed by atoms with van der Waals surface area (Å²) in [5.74, 6) is 0. The summed E-state index contributed by atoms with van der Waals surface area (Å²) in [6, 6.07) is 10.9. The van der Waals surface area contributed by atoms with Crippen molar-refractivity contribution in [2.24, 2.45) is 0 Å². The molecule has 1 heterocycles.